The number of rotatable bonds is 4. The first kappa shape index (κ1) is 15.0. The van der Waals surface area contributed by atoms with Crippen molar-refractivity contribution in [2.24, 2.45) is 0 Å². The number of H-pyrrole nitrogens is 1. The van der Waals surface area contributed by atoms with Crippen molar-refractivity contribution < 1.29 is 4.79 Å². The lowest BCUT2D eigenvalue weighted by atomic mass is 10.1. The van der Waals surface area contributed by atoms with E-state index in [0.717, 1.165) is 18.2 Å². The molecule has 0 unspecified atom stereocenters. The Balaban J connectivity index is 1.84. The number of carbonyl (C=O) groups excluding carboxylic acids is 1. The van der Waals surface area contributed by atoms with Crippen LogP contribution in [0.5, 0.6) is 0 Å². The summed E-state index contributed by atoms with van der Waals surface area (Å²) < 4.78 is 0. The third-order valence-electron chi connectivity index (χ3n) is 3.75. The van der Waals surface area contributed by atoms with Gasteiger partial charge >= 0.3 is 0 Å². The molecule has 1 amide bonds. The molecule has 1 aromatic heterocycles. The molecule has 0 bridgehead atoms. The molecule has 3 rings (SSSR count). The van der Waals surface area contributed by atoms with Crippen LogP contribution >= 0.6 is 0 Å². The fraction of sp³-hybridized carbons (Fsp3) is 0.158. The smallest absolute Gasteiger partial charge is 0.272 e. The Morgan fingerprint density at radius 1 is 1.09 bits per heavy atom. The predicted molar refractivity (Wildman–Crippen MR) is 93.0 cm³/mol. The monoisotopic (exact) mass is 306 g/mol. The van der Waals surface area contributed by atoms with Gasteiger partial charge in [-0.05, 0) is 41.6 Å². The second-order valence-corrected chi connectivity index (χ2v) is 5.50. The number of fused-ring (bicyclic) bond motifs is 1. The molecular weight excluding hydrogens is 288 g/mol. The molecule has 2 aromatic carbocycles. The lowest BCUT2D eigenvalue weighted by Gasteiger charge is -2.07. The number of aromatic nitrogens is 1. The van der Waals surface area contributed by atoms with Gasteiger partial charge in [-0.2, -0.15) is 0 Å². The molecule has 4 heteroatoms. The number of amides is 1. The summed E-state index contributed by atoms with van der Waals surface area (Å²) in [4.78, 5) is 27.0. The number of carbonyl (C=O) groups is 1. The third kappa shape index (κ3) is 3.31. The molecule has 0 aliphatic heterocycles. The van der Waals surface area contributed by atoms with Crippen LogP contribution in [0.15, 0.2) is 59.4 Å². The average Bonchev–Trinajstić information content (AvgIpc) is 2.57. The quantitative estimate of drug-likeness (QED) is 0.771. The average molecular weight is 306 g/mol. The predicted octanol–water partition coefficient (Wildman–Crippen LogP) is 3.73. The van der Waals surface area contributed by atoms with E-state index in [0.29, 0.717) is 11.1 Å². The fourth-order valence-corrected chi connectivity index (χ4v) is 2.58. The van der Waals surface area contributed by atoms with Gasteiger partial charge in [-0.3, -0.25) is 9.59 Å². The van der Waals surface area contributed by atoms with Crippen molar-refractivity contribution in [1.82, 2.24) is 4.98 Å². The van der Waals surface area contributed by atoms with Crippen LogP contribution in [0.25, 0.3) is 10.8 Å². The molecule has 0 atom stereocenters. The van der Waals surface area contributed by atoms with Crippen molar-refractivity contribution >= 4 is 22.4 Å². The second kappa shape index (κ2) is 6.48. The largest absolute Gasteiger partial charge is 0.321 e. The number of pyridine rings is 1. The molecule has 23 heavy (non-hydrogen) atoms. The van der Waals surface area contributed by atoms with Crippen molar-refractivity contribution in [2.45, 2.75) is 19.8 Å². The van der Waals surface area contributed by atoms with Crippen LogP contribution < -0.4 is 10.9 Å². The molecule has 2 N–H and O–H groups in total. The van der Waals surface area contributed by atoms with Gasteiger partial charge in [-0.1, -0.05) is 43.7 Å². The van der Waals surface area contributed by atoms with Crippen LogP contribution in [0.3, 0.4) is 0 Å². The van der Waals surface area contributed by atoms with E-state index in [9.17, 15) is 9.59 Å². The Labute approximate surface area is 134 Å². The van der Waals surface area contributed by atoms with Crippen LogP contribution in [-0.4, -0.2) is 10.9 Å². The molecule has 0 radical (unpaired) electrons. The molecule has 0 spiro atoms. The van der Waals surface area contributed by atoms with Gasteiger partial charge in [0.25, 0.3) is 11.5 Å². The van der Waals surface area contributed by atoms with E-state index in [2.05, 4.69) is 17.2 Å². The molecule has 0 saturated heterocycles. The van der Waals surface area contributed by atoms with E-state index >= 15 is 0 Å². The highest BCUT2D eigenvalue weighted by atomic mass is 16.2. The topological polar surface area (TPSA) is 62.0 Å². The Kier molecular flexibility index (Phi) is 4.24. The van der Waals surface area contributed by atoms with Crippen molar-refractivity contribution in [2.75, 3.05) is 5.32 Å². The van der Waals surface area contributed by atoms with Gasteiger partial charge in [0.2, 0.25) is 0 Å². The minimum atomic E-state index is -0.323. The highest BCUT2D eigenvalue weighted by molar-refractivity contribution is 6.04. The number of nitrogens with one attached hydrogen (secondary N) is 2. The first-order chi connectivity index (χ1) is 11.2. The van der Waals surface area contributed by atoms with E-state index in [4.69, 9.17) is 0 Å². The molecule has 0 aliphatic carbocycles. The van der Waals surface area contributed by atoms with Gasteiger partial charge < -0.3 is 10.3 Å². The van der Waals surface area contributed by atoms with Crippen LogP contribution in [0, 0.1) is 0 Å². The van der Waals surface area contributed by atoms with Crippen LogP contribution in [0.1, 0.15) is 29.4 Å². The molecule has 3 aromatic rings. The zero-order chi connectivity index (χ0) is 16.2. The summed E-state index contributed by atoms with van der Waals surface area (Å²) in [5.74, 6) is -0.323. The van der Waals surface area contributed by atoms with Gasteiger partial charge in [-0.15, -0.1) is 0 Å². The number of anilines is 1. The minimum Gasteiger partial charge on any atom is -0.321 e. The third-order valence-corrected chi connectivity index (χ3v) is 3.75. The van der Waals surface area contributed by atoms with Crippen molar-refractivity contribution in [3.63, 3.8) is 0 Å². The lowest BCUT2D eigenvalue weighted by Crippen LogP contribution is -2.18. The van der Waals surface area contributed by atoms with E-state index in [1.54, 1.807) is 18.2 Å². The SMILES string of the molecule is CCCc1ccc(NC(=O)c2cc3ccccc3c(=O)[nH]2)cc1. The fourth-order valence-electron chi connectivity index (χ4n) is 2.58. The zero-order valence-corrected chi connectivity index (χ0v) is 12.9. The van der Waals surface area contributed by atoms with Gasteiger partial charge in [0.05, 0.1) is 0 Å². The van der Waals surface area contributed by atoms with Crippen molar-refractivity contribution in [3.05, 3.63) is 76.2 Å². The van der Waals surface area contributed by atoms with Crippen LogP contribution in [0.2, 0.25) is 0 Å². The number of aromatic amines is 1. The maximum atomic E-state index is 12.3. The van der Waals surface area contributed by atoms with Crippen LogP contribution in [0.4, 0.5) is 5.69 Å². The Morgan fingerprint density at radius 2 is 1.83 bits per heavy atom. The maximum Gasteiger partial charge on any atom is 0.272 e. The molecule has 0 saturated carbocycles. The molecule has 1 heterocycles. The van der Waals surface area contributed by atoms with Gasteiger partial charge in [0, 0.05) is 11.1 Å². The van der Waals surface area contributed by atoms with Gasteiger partial charge in [-0.25, -0.2) is 0 Å². The summed E-state index contributed by atoms with van der Waals surface area (Å²) in [5, 5.41) is 4.14. The van der Waals surface area contributed by atoms with E-state index in [1.165, 1.54) is 5.56 Å². The highest BCUT2D eigenvalue weighted by Crippen LogP contribution is 2.14. The standard InChI is InChI=1S/C19H18N2O2/c1-2-5-13-8-10-15(11-9-13)20-19(23)17-12-14-6-3-4-7-16(14)18(22)21-17/h3-4,6-12H,2,5H2,1H3,(H,20,23)(H,21,22). The summed E-state index contributed by atoms with van der Waals surface area (Å²) >= 11 is 0. The van der Waals surface area contributed by atoms with Gasteiger partial charge in [0.15, 0.2) is 0 Å². The minimum absolute atomic E-state index is 0.256. The number of aryl methyl sites for hydroxylation is 1. The lowest BCUT2D eigenvalue weighted by molar-refractivity contribution is 0.102. The van der Waals surface area contributed by atoms with E-state index < -0.39 is 0 Å². The van der Waals surface area contributed by atoms with Crippen molar-refractivity contribution in [1.29, 1.82) is 0 Å². The van der Waals surface area contributed by atoms with Crippen molar-refractivity contribution in [3.8, 4) is 0 Å². The van der Waals surface area contributed by atoms with E-state index in [-0.39, 0.29) is 17.2 Å². The Hall–Kier alpha value is -2.88. The number of hydrogen-bond donors (Lipinski definition) is 2. The first-order valence-electron chi connectivity index (χ1n) is 7.69. The molecule has 4 nitrogen and oxygen atoms in total. The summed E-state index contributed by atoms with van der Waals surface area (Å²) in [6.07, 6.45) is 2.11. The molecule has 116 valence electrons. The van der Waals surface area contributed by atoms with E-state index in [1.807, 2.05) is 36.4 Å². The van der Waals surface area contributed by atoms with Crippen LogP contribution in [-0.2, 0) is 6.42 Å². The highest BCUT2D eigenvalue weighted by Gasteiger charge is 2.09. The molecule has 0 fully saturated rings. The number of benzene rings is 2. The number of hydrogen-bond acceptors (Lipinski definition) is 2. The Morgan fingerprint density at radius 3 is 2.57 bits per heavy atom. The zero-order valence-electron chi connectivity index (χ0n) is 12.9. The van der Waals surface area contributed by atoms with Gasteiger partial charge in [0.1, 0.15) is 5.69 Å². The normalized spacial score (nSPS) is 10.7. The summed E-state index contributed by atoms with van der Waals surface area (Å²) in [6, 6.07) is 16.7. The summed E-state index contributed by atoms with van der Waals surface area (Å²) in [6.45, 7) is 2.13. The molecular formula is C19H18N2O2. The Bertz CT molecular complexity index is 895. The first-order valence-corrected chi connectivity index (χ1v) is 7.69. The summed E-state index contributed by atoms with van der Waals surface area (Å²) in [7, 11) is 0. The molecule has 0 aliphatic rings. The second-order valence-electron chi connectivity index (χ2n) is 5.50. The maximum absolute atomic E-state index is 12.3. The summed E-state index contributed by atoms with van der Waals surface area (Å²) in [5.41, 5.74) is 1.95.